The van der Waals surface area contributed by atoms with E-state index in [0.29, 0.717) is 0 Å². The Hall–Kier alpha value is -1.26. The molecule has 10 heavy (non-hydrogen) atoms. The molecule has 0 aromatic heterocycles. The first-order valence-electron chi connectivity index (χ1n) is 2.70. The molecule has 0 heterocycles. The zero-order valence-electron chi connectivity index (χ0n) is 5.92. The van der Waals surface area contributed by atoms with Crippen molar-refractivity contribution in [3.8, 4) is 0 Å². The van der Waals surface area contributed by atoms with E-state index in [1.807, 2.05) is 0 Å². The molecular formula is C5H9N3O2. The number of likely N-dealkylation sites (N-methyl/N-ethyl adjacent to an activating group) is 1. The molecule has 0 aliphatic rings. The maximum absolute atomic E-state index is 10.7. The van der Waals surface area contributed by atoms with E-state index in [2.05, 4.69) is 5.11 Å². The fourth-order valence-electron chi connectivity index (χ4n) is 0.349. The molecule has 56 valence electrons. The topological polar surface area (TPSA) is 73.6 Å². The summed E-state index contributed by atoms with van der Waals surface area (Å²) in [6.07, 6.45) is 0. The predicted octanol–water partition coefficient (Wildman–Crippen LogP) is 0.0223. The van der Waals surface area contributed by atoms with E-state index >= 15 is 0 Å². The summed E-state index contributed by atoms with van der Waals surface area (Å²) in [5.74, 6) is -0.795. The van der Waals surface area contributed by atoms with Gasteiger partial charge in [0.25, 0.3) is 5.91 Å². The summed E-state index contributed by atoms with van der Waals surface area (Å²) < 4.78 is 0. The van der Waals surface area contributed by atoms with Gasteiger partial charge in [-0.3, -0.25) is 14.5 Å². The first kappa shape index (κ1) is 8.74. The number of hydrogen-bond donors (Lipinski definition) is 1. The van der Waals surface area contributed by atoms with Crippen LogP contribution in [0.15, 0.2) is 5.11 Å². The summed E-state index contributed by atoms with van der Waals surface area (Å²) in [7, 11) is 1.36. The average Bonchev–Trinajstić information content (AvgIpc) is 1.87. The van der Waals surface area contributed by atoms with E-state index in [-0.39, 0.29) is 12.5 Å². The van der Waals surface area contributed by atoms with E-state index in [0.717, 1.165) is 4.90 Å². The molecule has 1 N–H and O–H groups in total. The van der Waals surface area contributed by atoms with Gasteiger partial charge in [-0.1, -0.05) is 0 Å². The zero-order chi connectivity index (χ0) is 8.15. The Morgan fingerprint density at radius 2 is 2.10 bits per heavy atom. The first-order chi connectivity index (χ1) is 4.59. The molecule has 0 radical (unpaired) electrons. The second kappa shape index (κ2) is 3.71. The van der Waals surface area contributed by atoms with Gasteiger partial charge in [0, 0.05) is 14.0 Å². The molecule has 2 amide bonds. The van der Waals surface area contributed by atoms with Crippen LogP contribution in [0.5, 0.6) is 0 Å². The summed E-state index contributed by atoms with van der Waals surface area (Å²) in [6.45, 7) is 1.03. The minimum Gasteiger partial charge on any atom is -0.284 e. The fraction of sp³-hybridized carbons (Fsp3) is 0.600. The van der Waals surface area contributed by atoms with Gasteiger partial charge >= 0.3 is 0 Å². The Balaban J connectivity index is 3.94. The Morgan fingerprint density at radius 3 is 2.40 bits per heavy atom. The van der Waals surface area contributed by atoms with Crippen LogP contribution in [0.3, 0.4) is 0 Å². The fourth-order valence-corrected chi connectivity index (χ4v) is 0.349. The molecule has 0 saturated carbocycles. The normalized spacial score (nSPS) is 8.60. The molecule has 0 atom stereocenters. The largest absolute Gasteiger partial charge is 0.284 e. The van der Waals surface area contributed by atoms with E-state index in [1.54, 1.807) is 0 Å². The Morgan fingerprint density at radius 1 is 1.60 bits per heavy atom. The van der Waals surface area contributed by atoms with E-state index in [9.17, 15) is 9.59 Å². The molecule has 5 heteroatoms. The molecular weight excluding hydrogens is 134 g/mol. The number of amides is 2. The van der Waals surface area contributed by atoms with E-state index in [4.69, 9.17) is 5.53 Å². The molecule has 0 spiro atoms. The summed E-state index contributed by atoms with van der Waals surface area (Å²) in [4.78, 5) is 22.1. The van der Waals surface area contributed by atoms with Crippen molar-refractivity contribution < 1.29 is 9.59 Å². The Kier molecular flexibility index (Phi) is 3.24. The minimum absolute atomic E-state index is 0.254. The summed E-state index contributed by atoms with van der Waals surface area (Å²) in [6, 6.07) is 0. The maximum Gasteiger partial charge on any atom is 0.252 e. The van der Waals surface area contributed by atoms with Gasteiger partial charge in [-0.25, -0.2) is 5.53 Å². The molecule has 0 rings (SSSR count). The van der Waals surface area contributed by atoms with Gasteiger partial charge in [0.2, 0.25) is 5.91 Å². The van der Waals surface area contributed by atoms with Gasteiger partial charge in [-0.05, 0) is 0 Å². The SMILES string of the molecule is CC(=O)N(C)C(=O)CN=N. The van der Waals surface area contributed by atoms with Crippen LogP contribution in [-0.4, -0.2) is 30.3 Å². The van der Waals surface area contributed by atoms with Crippen molar-refractivity contribution in [2.45, 2.75) is 6.92 Å². The van der Waals surface area contributed by atoms with Crippen molar-refractivity contribution >= 4 is 11.8 Å². The van der Waals surface area contributed by atoms with Crippen molar-refractivity contribution in [3.63, 3.8) is 0 Å². The van der Waals surface area contributed by atoms with Gasteiger partial charge in [0.05, 0.1) is 0 Å². The summed E-state index contributed by atoms with van der Waals surface area (Å²) in [5, 5.41) is 2.85. The molecule has 0 unspecified atom stereocenters. The third kappa shape index (κ3) is 2.34. The average molecular weight is 143 g/mol. The Labute approximate surface area is 58.5 Å². The van der Waals surface area contributed by atoms with Crippen LogP contribution in [0.1, 0.15) is 6.92 Å². The monoisotopic (exact) mass is 143 g/mol. The van der Waals surface area contributed by atoms with Crippen molar-refractivity contribution in [2.24, 2.45) is 5.11 Å². The number of hydrogen-bond acceptors (Lipinski definition) is 4. The van der Waals surface area contributed by atoms with Crippen LogP contribution in [0.2, 0.25) is 0 Å². The molecule has 0 bridgehead atoms. The van der Waals surface area contributed by atoms with Gasteiger partial charge in [0.1, 0.15) is 6.54 Å². The lowest BCUT2D eigenvalue weighted by atomic mass is 10.5. The number of nitrogens with one attached hydrogen (secondary N) is 1. The zero-order valence-corrected chi connectivity index (χ0v) is 5.92. The van der Waals surface area contributed by atoms with Crippen LogP contribution >= 0.6 is 0 Å². The lowest BCUT2D eigenvalue weighted by Crippen LogP contribution is -2.32. The number of rotatable bonds is 2. The van der Waals surface area contributed by atoms with Gasteiger partial charge in [0.15, 0.2) is 0 Å². The molecule has 0 aromatic rings. The molecule has 0 aromatic carbocycles. The van der Waals surface area contributed by atoms with E-state index < -0.39 is 5.91 Å². The smallest absolute Gasteiger partial charge is 0.252 e. The highest BCUT2D eigenvalue weighted by Crippen LogP contribution is 1.85. The third-order valence-electron chi connectivity index (χ3n) is 1.06. The number of nitrogens with zero attached hydrogens (tertiary/aromatic N) is 2. The van der Waals surface area contributed by atoms with Gasteiger partial charge in [-0.15, -0.1) is 0 Å². The highest BCUT2D eigenvalue weighted by Gasteiger charge is 2.10. The van der Waals surface area contributed by atoms with E-state index in [1.165, 1.54) is 14.0 Å². The lowest BCUT2D eigenvalue weighted by Gasteiger charge is -2.09. The summed E-state index contributed by atoms with van der Waals surface area (Å²) >= 11 is 0. The number of imide groups is 1. The molecule has 0 aliphatic carbocycles. The van der Waals surface area contributed by atoms with Crippen LogP contribution < -0.4 is 0 Å². The van der Waals surface area contributed by atoms with Gasteiger partial charge in [-0.2, -0.15) is 5.11 Å². The highest BCUT2D eigenvalue weighted by molar-refractivity contribution is 5.94. The third-order valence-corrected chi connectivity index (χ3v) is 1.06. The van der Waals surface area contributed by atoms with Crippen LogP contribution in [-0.2, 0) is 9.59 Å². The van der Waals surface area contributed by atoms with Crippen molar-refractivity contribution in [1.82, 2.24) is 4.90 Å². The first-order valence-corrected chi connectivity index (χ1v) is 2.70. The minimum atomic E-state index is -0.456. The maximum atomic E-state index is 10.7. The quantitative estimate of drug-likeness (QED) is 0.553. The number of carbonyl (C=O) groups excluding carboxylic acids is 2. The second-order valence-corrected chi connectivity index (χ2v) is 1.79. The van der Waals surface area contributed by atoms with Crippen molar-refractivity contribution in [3.05, 3.63) is 0 Å². The van der Waals surface area contributed by atoms with Gasteiger partial charge < -0.3 is 0 Å². The highest BCUT2D eigenvalue weighted by atomic mass is 16.2. The van der Waals surface area contributed by atoms with Crippen molar-refractivity contribution in [1.29, 1.82) is 5.53 Å². The van der Waals surface area contributed by atoms with Crippen LogP contribution in [0, 0.1) is 5.53 Å². The Bertz CT molecular complexity index is 166. The lowest BCUT2D eigenvalue weighted by molar-refractivity contribution is -0.140. The molecule has 0 aliphatic heterocycles. The molecule has 0 saturated heterocycles. The number of carbonyl (C=O) groups is 2. The standard InChI is InChI=1S/C5H9N3O2/c1-4(9)8(2)5(10)3-7-6/h6H,3H2,1-2H3. The second-order valence-electron chi connectivity index (χ2n) is 1.79. The van der Waals surface area contributed by atoms with Crippen LogP contribution in [0.4, 0.5) is 0 Å². The van der Waals surface area contributed by atoms with Crippen LogP contribution in [0.25, 0.3) is 0 Å². The summed E-state index contributed by atoms with van der Waals surface area (Å²) in [5.41, 5.74) is 6.33. The molecule has 5 nitrogen and oxygen atoms in total. The van der Waals surface area contributed by atoms with Crippen molar-refractivity contribution in [2.75, 3.05) is 13.6 Å². The molecule has 0 fully saturated rings. The predicted molar refractivity (Wildman–Crippen MR) is 33.5 cm³/mol.